The number of nitrogens with zero attached hydrogens (tertiary/aromatic N) is 2. The number of unbranched alkanes of at least 4 members (excludes halogenated alkanes) is 1. The predicted molar refractivity (Wildman–Crippen MR) is 116 cm³/mol. The molecule has 7 nitrogen and oxygen atoms in total. The summed E-state index contributed by atoms with van der Waals surface area (Å²) in [5.41, 5.74) is 0. The number of carboxylic acid groups (broad SMARTS) is 1. The zero-order valence-corrected chi connectivity index (χ0v) is 19.0. The molecular weight excluding hydrogens is 404 g/mol. The maximum absolute atomic E-state index is 13.9. The summed E-state index contributed by atoms with van der Waals surface area (Å²) in [6.07, 6.45) is 5.28. The molecule has 2 unspecified atom stereocenters. The summed E-state index contributed by atoms with van der Waals surface area (Å²) in [5.74, 6) is -2.95. The zero-order chi connectivity index (χ0) is 22.3. The standard InChI is InChI=1S/C22H34N2O5S/c1-5-8-12-23(11-6-2)19(27)17-22-10-9-21(4,30-22)16(20(28)29)15(22)18(26)24(17)14(7-3)13-25/h6,14-17,25H,2,5,7-13H2,1,3-4H3,(H,28,29)/t14-,15-,16+,17?,21-,22?/m0/s1. The van der Waals surface area contributed by atoms with Crippen molar-refractivity contribution in [2.24, 2.45) is 11.8 Å². The summed E-state index contributed by atoms with van der Waals surface area (Å²) < 4.78 is -1.30. The minimum absolute atomic E-state index is 0.145. The highest BCUT2D eigenvalue weighted by molar-refractivity contribution is 8.02. The summed E-state index contributed by atoms with van der Waals surface area (Å²) >= 11 is 1.53. The van der Waals surface area contributed by atoms with Gasteiger partial charge in [0.05, 0.1) is 29.2 Å². The fourth-order valence-corrected chi connectivity index (χ4v) is 8.13. The number of hydrogen-bond donors (Lipinski definition) is 2. The first-order chi connectivity index (χ1) is 14.2. The number of carboxylic acids is 1. The van der Waals surface area contributed by atoms with Crippen LogP contribution in [0.3, 0.4) is 0 Å². The fourth-order valence-electron chi connectivity index (χ4n) is 5.80. The number of carbonyl (C=O) groups excluding carboxylic acids is 2. The lowest BCUT2D eigenvalue weighted by atomic mass is 9.66. The quantitative estimate of drug-likeness (QED) is 0.507. The molecule has 8 heteroatoms. The van der Waals surface area contributed by atoms with E-state index in [0.29, 0.717) is 32.4 Å². The Morgan fingerprint density at radius 1 is 1.40 bits per heavy atom. The van der Waals surface area contributed by atoms with Gasteiger partial charge in [-0.05, 0) is 32.6 Å². The number of fused-ring (bicyclic) bond motifs is 1. The fraction of sp³-hybridized carbons (Fsp3) is 0.773. The smallest absolute Gasteiger partial charge is 0.308 e. The molecule has 0 radical (unpaired) electrons. The Kier molecular flexibility index (Phi) is 6.58. The third kappa shape index (κ3) is 3.27. The number of aliphatic hydroxyl groups is 1. The van der Waals surface area contributed by atoms with Gasteiger partial charge >= 0.3 is 5.97 Å². The van der Waals surface area contributed by atoms with E-state index in [-0.39, 0.29) is 18.4 Å². The number of aliphatic carboxylic acids is 1. The second kappa shape index (κ2) is 8.54. The molecule has 3 fully saturated rings. The van der Waals surface area contributed by atoms with Crippen LogP contribution < -0.4 is 0 Å². The summed E-state index contributed by atoms with van der Waals surface area (Å²) in [7, 11) is 0. The zero-order valence-electron chi connectivity index (χ0n) is 18.2. The van der Waals surface area contributed by atoms with E-state index in [4.69, 9.17) is 0 Å². The molecule has 2 N–H and O–H groups in total. The van der Waals surface area contributed by atoms with Gasteiger partial charge < -0.3 is 20.0 Å². The molecule has 0 aromatic rings. The van der Waals surface area contributed by atoms with Crippen molar-refractivity contribution in [1.29, 1.82) is 0 Å². The maximum Gasteiger partial charge on any atom is 0.308 e. The molecule has 3 rings (SSSR count). The average Bonchev–Trinajstić information content (AvgIpc) is 3.27. The van der Waals surface area contributed by atoms with Crippen LogP contribution in [-0.4, -0.2) is 79.1 Å². The van der Waals surface area contributed by atoms with Crippen molar-refractivity contribution in [3.8, 4) is 0 Å². The van der Waals surface area contributed by atoms with E-state index in [1.807, 2.05) is 13.8 Å². The first-order valence-corrected chi connectivity index (χ1v) is 11.8. The van der Waals surface area contributed by atoms with Gasteiger partial charge in [0.2, 0.25) is 11.8 Å². The number of likely N-dealkylation sites (tertiary alicyclic amines) is 1. The highest BCUT2D eigenvalue weighted by Gasteiger charge is 2.77. The summed E-state index contributed by atoms with van der Waals surface area (Å²) in [5, 5.41) is 20.0. The molecule has 3 aliphatic heterocycles. The number of thioether (sulfide) groups is 1. The second-order valence-corrected chi connectivity index (χ2v) is 10.9. The molecule has 3 heterocycles. The van der Waals surface area contributed by atoms with E-state index in [9.17, 15) is 24.6 Å². The molecule has 30 heavy (non-hydrogen) atoms. The van der Waals surface area contributed by atoms with Gasteiger partial charge in [-0.25, -0.2) is 0 Å². The van der Waals surface area contributed by atoms with Gasteiger partial charge in [0.25, 0.3) is 0 Å². The Labute approximate surface area is 182 Å². The van der Waals surface area contributed by atoms with Crippen molar-refractivity contribution in [2.75, 3.05) is 19.7 Å². The van der Waals surface area contributed by atoms with Gasteiger partial charge in [-0.15, -0.1) is 18.3 Å². The molecule has 1 spiro atoms. The van der Waals surface area contributed by atoms with Crippen LogP contribution in [0.25, 0.3) is 0 Å². The summed E-state index contributed by atoms with van der Waals surface area (Å²) in [6.45, 7) is 10.3. The van der Waals surface area contributed by atoms with E-state index < -0.39 is 39.4 Å². The van der Waals surface area contributed by atoms with E-state index in [1.165, 1.54) is 11.8 Å². The first kappa shape index (κ1) is 23.1. The predicted octanol–water partition coefficient (Wildman–Crippen LogP) is 2.14. The van der Waals surface area contributed by atoms with Gasteiger partial charge in [0.1, 0.15) is 6.04 Å². The topological polar surface area (TPSA) is 98.2 Å². The minimum atomic E-state index is -0.969. The van der Waals surface area contributed by atoms with Crippen LogP contribution in [-0.2, 0) is 14.4 Å². The van der Waals surface area contributed by atoms with Gasteiger partial charge in [0, 0.05) is 17.8 Å². The Balaban J connectivity index is 2.09. The summed E-state index contributed by atoms with van der Waals surface area (Å²) in [4.78, 5) is 43.0. The lowest BCUT2D eigenvalue weighted by Gasteiger charge is -2.39. The third-order valence-electron chi connectivity index (χ3n) is 7.23. The Morgan fingerprint density at radius 2 is 2.10 bits per heavy atom. The second-order valence-electron chi connectivity index (χ2n) is 8.98. The van der Waals surface area contributed by atoms with Crippen LogP contribution in [0, 0.1) is 11.8 Å². The SMILES string of the molecule is C=CCN(CCCC)C(=O)C1N([C@@H](CC)CO)C(=O)[C@@H]2[C@H](C(=O)O)[C@]3(C)CCC12S3. The van der Waals surface area contributed by atoms with E-state index in [1.54, 1.807) is 15.9 Å². The molecule has 6 atom stereocenters. The molecule has 0 aromatic heterocycles. The van der Waals surface area contributed by atoms with Crippen LogP contribution in [0.4, 0.5) is 0 Å². The van der Waals surface area contributed by atoms with Gasteiger partial charge in [-0.3, -0.25) is 14.4 Å². The van der Waals surface area contributed by atoms with Crippen LogP contribution in [0.5, 0.6) is 0 Å². The Hall–Kier alpha value is -1.54. The molecule has 0 saturated carbocycles. The van der Waals surface area contributed by atoms with Crippen LogP contribution >= 0.6 is 11.8 Å². The number of amides is 2. The monoisotopic (exact) mass is 438 g/mol. The molecule has 3 saturated heterocycles. The largest absolute Gasteiger partial charge is 0.481 e. The van der Waals surface area contributed by atoms with Crippen molar-refractivity contribution in [1.82, 2.24) is 9.80 Å². The van der Waals surface area contributed by atoms with Crippen molar-refractivity contribution in [3.63, 3.8) is 0 Å². The molecule has 2 bridgehead atoms. The van der Waals surface area contributed by atoms with Crippen LogP contribution in [0.15, 0.2) is 12.7 Å². The lowest BCUT2D eigenvalue weighted by Crippen LogP contribution is -2.57. The molecule has 168 valence electrons. The first-order valence-electron chi connectivity index (χ1n) is 11.0. The normalized spacial score (nSPS) is 35.4. The Bertz CT molecular complexity index is 726. The van der Waals surface area contributed by atoms with Gasteiger partial charge in [0.15, 0.2) is 0 Å². The Morgan fingerprint density at radius 3 is 2.63 bits per heavy atom. The highest BCUT2D eigenvalue weighted by atomic mass is 32.2. The number of rotatable bonds is 10. The number of aliphatic hydroxyl groups excluding tert-OH is 1. The minimum Gasteiger partial charge on any atom is -0.481 e. The van der Waals surface area contributed by atoms with Crippen LogP contribution in [0.1, 0.15) is 52.9 Å². The molecule has 0 aliphatic carbocycles. The van der Waals surface area contributed by atoms with E-state index in [0.717, 1.165) is 12.8 Å². The van der Waals surface area contributed by atoms with Gasteiger partial charge in [-0.2, -0.15) is 0 Å². The van der Waals surface area contributed by atoms with E-state index >= 15 is 0 Å². The molecule has 2 amide bonds. The average molecular weight is 439 g/mol. The maximum atomic E-state index is 13.9. The van der Waals surface area contributed by atoms with Crippen molar-refractivity contribution >= 4 is 29.5 Å². The van der Waals surface area contributed by atoms with Crippen molar-refractivity contribution in [3.05, 3.63) is 12.7 Å². The number of hydrogen-bond acceptors (Lipinski definition) is 5. The van der Waals surface area contributed by atoms with E-state index in [2.05, 4.69) is 13.5 Å². The lowest BCUT2D eigenvalue weighted by molar-refractivity contribution is -0.151. The molecular formula is C22H34N2O5S. The van der Waals surface area contributed by atoms with Crippen molar-refractivity contribution < 1.29 is 24.6 Å². The van der Waals surface area contributed by atoms with Crippen LogP contribution in [0.2, 0.25) is 0 Å². The molecule has 3 aliphatic rings. The highest BCUT2D eigenvalue weighted by Crippen LogP contribution is 2.71. The van der Waals surface area contributed by atoms with Gasteiger partial charge in [-0.1, -0.05) is 26.3 Å². The molecule has 0 aromatic carbocycles. The van der Waals surface area contributed by atoms with Crippen molar-refractivity contribution in [2.45, 2.75) is 74.5 Å². The third-order valence-corrected chi connectivity index (χ3v) is 9.22. The number of carbonyl (C=O) groups is 3. The summed E-state index contributed by atoms with van der Waals surface area (Å²) in [6, 6.07) is -1.25.